The van der Waals surface area contributed by atoms with E-state index < -0.39 is 0 Å². The molecule has 0 amide bonds. The van der Waals surface area contributed by atoms with Crippen molar-refractivity contribution in [2.24, 2.45) is 0 Å². The molecule has 2 aromatic rings. The number of aromatic nitrogens is 1. The van der Waals surface area contributed by atoms with E-state index in [-0.39, 0.29) is 0 Å². The number of pyridine rings is 1. The molecule has 0 aliphatic carbocycles. The zero-order chi connectivity index (χ0) is 13.8. The second kappa shape index (κ2) is 5.40. The Balaban J connectivity index is 2.36. The minimum Gasteiger partial charge on any atom is -0.497 e. The number of nitrogens with zero attached hydrogens (tertiary/aromatic N) is 2. The Hall–Kier alpha value is -2.54. The lowest BCUT2D eigenvalue weighted by Crippen LogP contribution is -2.00. The zero-order valence-corrected chi connectivity index (χ0v) is 11.2. The van der Waals surface area contributed by atoms with Crippen LogP contribution < -0.4 is 10.1 Å². The van der Waals surface area contributed by atoms with Gasteiger partial charge in [-0.1, -0.05) is 0 Å². The van der Waals surface area contributed by atoms with Gasteiger partial charge in [-0.15, -0.1) is 0 Å². The molecule has 0 fully saturated rings. The minimum absolute atomic E-state index is 0.529. The van der Waals surface area contributed by atoms with Crippen molar-refractivity contribution in [1.82, 2.24) is 4.98 Å². The van der Waals surface area contributed by atoms with E-state index in [2.05, 4.69) is 16.4 Å². The van der Waals surface area contributed by atoms with Gasteiger partial charge in [0.05, 0.1) is 12.7 Å². The summed E-state index contributed by atoms with van der Waals surface area (Å²) in [5, 5.41) is 12.3. The van der Waals surface area contributed by atoms with Gasteiger partial charge in [0.25, 0.3) is 0 Å². The smallest absolute Gasteiger partial charge is 0.148 e. The summed E-state index contributed by atoms with van der Waals surface area (Å²) in [5.41, 5.74) is 3.34. The number of methoxy groups -OCH3 is 1. The molecule has 0 radical (unpaired) electrons. The highest BCUT2D eigenvalue weighted by Crippen LogP contribution is 2.25. The van der Waals surface area contributed by atoms with Gasteiger partial charge in [-0.25, -0.2) is 4.98 Å². The Morgan fingerprint density at radius 3 is 2.63 bits per heavy atom. The molecule has 0 saturated heterocycles. The first-order chi connectivity index (χ1) is 9.13. The Bertz CT molecular complexity index is 644. The van der Waals surface area contributed by atoms with Crippen LogP contribution >= 0.6 is 0 Å². The van der Waals surface area contributed by atoms with Crippen molar-refractivity contribution in [2.45, 2.75) is 13.8 Å². The molecule has 0 aliphatic heterocycles. The van der Waals surface area contributed by atoms with Crippen LogP contribution in [0.15, 0.2) is 30.3 Å². The van der Waals surface area contributed by atoms with Gasteiger partial charge in [0.1, 0.15) is 17.6 Å². The summed E-state index contributed by atoms with van der Waals surface area (Å²) in [4.78, 5) is 4.36. The summed E-state index contributed by atoms with van der Waals surface area (Å²) < 4.78 is 5.17. The number of benzene rings is 1. The van der Waals surface area contributed by atoms with E-state index in [0.29, 0.717) is 11.4 Å². The van der Waals surface area contributed by atoms with Crippen molar-refractivity contribution < 1.29 is 4.74 Å². The molecule has 0 unspecified atom stereocenters. The fourth-order valence-corrected chi connectivity index (χ4v) is 1.77. The van der Waals surface area contributed by atoms with E-state index in [4.69, 9.17) is 10.00 Å². The van der Waals surface area contributed by atoms with Crippen LogP contribution in [0.4, 0.5) is 11.5 Å². The highest BCUT2D eigenvalue weighted by Gasteiger charge is 2.06. The number of aryl methyl sites for hydroxylation is 2. The van der Waals surface area contributed by atoms with Gasteiger partial charge in [0.2, 0.25) is 0 Å². The summed E-state index contributed by atoms with van der Waals surface area (Å²) in [6.45, 7) is 3.87. The van der Waals surface area contributed by atoms with Crippen molar-refractivity contribution in [2.75, 3.05) is 12.4 Å². The van der Waals surface area contributed by atoms with Crippen LogP contribution in [0.5, 0.6) is 5.75 Å². The monoisotopic (exact) mass is 253 g/mol. The van der Waals surface area contributed by atoms with Gasteiger partial charge in [-0.3, -0.25) is 0 Å². The Kier molecular flexibility index (Phi) is 3.67. The minimum atomic E-state index is 0.529. The van der Waals surface area contributed by atoms with Gasteiger partial charge in [0, 0.05) is 11.4 Å². The Morgan fingerprint density at radius 2 is 2.00 bits per heavy atom. The van der Waals surface area contributed by atoms with Crippen LogP contribution in [0.25, 0.3) is 0 Å². The standard InChI is InChI=1S/C15H15N3O/c1-10-8-13(19-3)6-7-14(10)18-15-12(9-16)5-4-11(2)17-15/h4-8H,1-3H3,(H,17,18). The molecule has 96 valence electrons. The molecule has 0 bridgehead atoms. The van der Waals surface area contributed by atoms with Gasteiger partial charge in [0.15, 0.2) is 0 Å². The topological polar surface area (TPSA) is 57.9 Å². The van der Waals surface area contributed by atoms with Gasteiger partial charge < -0.3 is 10.1 Å². The van der Waals surface area contributed by atoms with E-state index in [9.17, 15) is 0 Å². The van der Waals surface area contributed by atoms with Crippen LogP contribution in [0.3, 0.4) is 0 Å². The van der Waals surface area contributed by atoms with E-state index in [0.717, 1.165) is 22.7 Å². The van der Waals surface area contributed by atoms with Crippen molar-refractivity contribution in [3.63, 3.8) is 0 Å². The first-order valence-corrected chi connectivity index (χ1v) is 5.93. The summed E-state index contributed by atoms with van der Waals surface area (Å²) in [7, 11) is 1.64. The molecule has 1 N–H and O–H groups in total. The molecule has 0 atom stereocenters. The number of anilines is 2. The van der Waals surface area contributed by atoms with Crippen molar-refractivity contribution in [1.29, 1.82) is 5.26 Å². The molecule has 4 nitrogen and oxygen atoms in total. The third-order valence-corrected chi connectivity index (χ3v) is 2.84. The fraction of sp³-hybridized carbons (Fsp3) is 0.200. The molecular weight excluding hydrogens is 238 g/mol. The van der Waals surface area contributed by atoms with Gasteiger partial charge >= 0.3 is 0 Å². The number of rotatable bonds is 3. The van der Waals surface area contributed by atoms with E-state index in [1.807, 2.05) is 38.1 Å². The number of hydrogen-bond acceptors (Lipinski definition) is 4. The van der Waals surface area contributed by atoms with Crippen LogP contribution in [0.2, 0.25) is 0 Å². The molecule has 1 aromatic heterocycles. The molecule has 0 spiro atoms. The average molecular weight is 253 g/mol. The van der Waals surface area contributed by atoms with E-state index in [1.165, 1.54) is 0 Å². The molecule has 4 heteroatoms. The quantitative estimate of drug-likeness (QED) is 0.911. The van der Waals surface area contributed by atoms with E-state index in [1.54, 1.807) is 13.2 Å². The average Bonchev–Trinajstić information content (AvgIpc) is 2.41. The third-order valence-electron chi connectivity index (χ3n) is 2.84. The largest absolute Gasteiger partial charge is 0.497 e. The lowest BCUT2D eigenvalue weighted by atomic mass is 10.1. The fourth-order valence-electron chi connectivity index (χ4n) is 1.77. The highest BCUT2D eigenvalue weighted by atomic mass is 16.5. The molecular formula is C15H15N3O. The van der Waals surface area contributed by atoms with Gasteiger partial charge in [-0.2, -0.15) is 5.26 Å². The summed E-state index contributed by atoms with van der Waals surface area (Å²) in [6.07, 6.45) is 0. The van der Waals surface area contributed by atoms with Crippen LogP contribution in [0, 0.1) is 25.2 Å². The molecule has 2 rings (SSSR count). The number of hydrogen-bond donors (Lipinski definition) is 1. The molecule has 0 saturated carbocycles. The van der Waals surface area contributed by atoms with Crippen molar-refractivity contribution in [3.8, 4) is 11.8 Å². The number of ether oxygens (including phenoxy) is 1. The second-order valence-corrected chi connectivity index (χ2v) is 4.27. The van der Waals surface area contributed by atoms with Crippen LogP contribution in [-0.4, -0.2) is 12.1 Å². The zero-order valence-electron chi connectivity index (χ0n) is 11.2. The Labute approximate surface area is 112 Å². The summed E-state index contributed by atoms with van der Waals surface area (Å²) >= 11 is 0. The molecule has 0 aliphatic rings. The lowest BCUT2D eigenvalue weighted by Gasteiger charge is -2.11. The SMILES string of the molecule is COc1ccc(Nc2nc(C)ccc2C#N)c(C)c1. The highest BCUT2D eigenvalue weighted by molar-refractivity contribution is 5.66. The predicted octanol–water partition coefficient (Wildman–Crippen LogP) is 3.32. The lowest BCUT2D eigenvalue weighted by molar-refractivity contribution is 0.414. The maximum absolute atomic E-state index is 9.09. The van der Waals surface area contributed by atoms with Crippen molar-refractivity contribution >= 4 is 11.5 Å². The first kappa shape index (κ1) is 12.9. The second-order valence-electron chi connectivity index (χ2n) is 4.27. The predicted molar refractivity (Wildman–Crippen MR) is 74.7 cm³/mol. The summed E-state index contributed by atoms with van der Waals surface area (Å²) in [5.74, 6) is 1.39. The normalized spacial score (nSPS) is 9.79. The molecule has 19 heavy (non-hydrogen) atoms. The van der Waals surface area contributed by atoms with Crippen molar-refractivity contribution in [3.05, 3.63) is 47.2 Å². The first-order valence-electron chi connectivity index (χ1n) is 5.93. The van der Waals surface area contributed by atoms with Crippen LogP contribution in [-0.2, 0) is 0 Å². The Morgan fingerprint density at radius 1 is 1.21 bits per heavy atom. The summed E-state index contributed by atoms with van der Waals surface area (Å²) in [6, 6.07) is 11.4. The van der Waals surface area contributed by atoms with Gasteiger partial charge in [-0.05, 0) is 49.7 Å². The molecule has 1 aromatic carbocycles. The maximum Gasteiger partial charge on any atom is 0.148 e. The van der Waals surface area contributed by atoms with Crippen LogP contribution in [0.1, 0.15) is 16.8 Å². The third kappa shape index (κ3) is 2.83. The number of nitriles is 1. The maximum atomic E-state index is 9.09. The number of nitrogens with one attached hydrogen (secondary N) is 1. The van der Waals surface area contributed by atoms with E-state index >= 15 is 0 Å². The molecule has 1 heterocycles.